The molecule has 28 heavy (non-hydrogen) atoms. The molecular weight excluding hydrogens is 467 g/mol. The van der Waals surface area contributed by atoms with Crippen LogP contribution in [-0.2, 0) is 11.2 Å². The first kappa shape index (κ1) is 22.5. The van der Waals surface area contributed by atoms with E-state index >= 15 is 0 Å². The van der Waals surface area contributed by atoms with E-state index in [4.69, 9.17) is 4.74 Å². The summed E-state index contributed by atoms with van der Waals surface area (Å²) in [6.07, 6.45) is 9.58. The van der Waals surface area contributed by atoms with Gasteiger partial charge in [0.15, 0.2) is 12.6 Å². The third-order valence-corrected chi connectivity index (χ3v) is 4.60. The fourth-order valence-corrected chi connectivity index (χ4v) is 2.94. The first-order valence-corrected chi connectivity index (χ1v) is 9.94. The van der Waals surface area contributed by atoms with Crippen molar-refractivity contribution >= 4 is 35.8 Å². The van der Waals surface area contributed by atoms with Crippen molar-refractivity contribution in [2.45, 2.75) is 51.1 Å². The Kier molecular flexibility index (Phi) is 9.60. The SMILES string of the molecule is CCNC(=NCCc1ccc(OCC(=O)NC2CC2)cc1)NC1CC=CC1.I. The van der Waals surface area contributed by atoms with Gasteiger partial charge in [-0.25, -0.2) is 0 Å². The molecule has 0 saturated heterocycles. The number of rotatable bonds is 9. The summed E-state index contributed by atoms with van der Waals surface area (Å²) in [5.41, 5.74) is 1.20. The quantitative estimate of drug-likeness (QED) is 0.212. The van der Waals surface area contributed by atoms with Gasteiger partial charge in [-0.15, -0.1) is 24.0 Å². The molecule has 1 aromatic rings. The van der Waals surface area contributed by atoms with E-state index in [1.807, 2.05) is 24.3 Å². The molecule has 0 spiro atoms. The monoisotopic (exact) mass is 498 g/mol. The maximum Gasteiger partial charge on any atom is 0.258 e. The highest BCUT2D eigenvalue weighted by atomic mass is 127. The van der Waals surface area contributed by atoms with Crippen LogP contribution in [0.1, 0.15) is 38.2 Å². The zero-order valence-corrected chi connectivity index (χ0v) is 18.8. The molecule has 2 aliphatic carbocycles. The summed E-state index contributed by atoms with van der Waals surface area (Å²) in [5.74, 6) is 1.56. The molecule has 2 aliphatic rings. The van der Waals surface area contributed by atoms with Gasteiger partial charge in [-0.1, -0.05) is 24.3 Å². The van der Waals surface area contributed by atoms with Crippen molar-refractivity contribution in [2.75, 3.05) is 19.7 Å². The normalized spacial score (nSPS) is 16.4. The molecular formula is C21H31IN4O2. The van der Waals surface area contributed by atoms with Crippen molar-refractivity contribution < 1.29 is 9.53 Å². The molecule has 0 unspecified atom stereocenters. The summed E-state index contributed by atoms with van der Waals surface area (Å²) in [5, 5.41) is 9.69. The van der Waals surface area contributed by atoms with Gasteiger partial charge in [0.2, 0.25) is 0 Å². The van der Waals surface area contributed by atoms with Crippen LogP contribution in [0.5, 0.6) is 5.75 Å². The van der Waals surface area contributed by atoms with Crippen molar-refractivity contribution in [1.82, 2.24) is 16.0 Å². The molecule has 0 aliphatic heterocycles. The maximum absolute atomic E-state index is 11.6. The molecule has 0 bridgehead atoms. The molecule has 1 saturated carbocycles. The van der Waals surface area contributed by atoms with Crippen molar-refractivity contribution in [3.05, 3.63) is 42.0 Å². The third kappa shape index (κ3) is 8.08. The highest BCUT2D eigenvalue weighted by molar-refractivity contribution is 14.0. The summed E-state index contributed by atoms with van der Waals surface area (Å²) in [6.45, 7) is 3.73. The van der Waals surface area contributed by atoms with Gasteiger partial charge < -0.3 is 20.7 Å². The van der Waals surface area contributed by atoms with E-state index in [2.05, 4.69) is 40.0 Å². The summed E-state index contributed by atoms with van der Waals surface area (Å²) in [7, 11) is 0. The average molecular weight is 498 g/mol. The predicted molar refractivity (Wildman–Crippen MR) is 123 cm³/mol. The lowest BCUT2D eigenvalue weighted by molar-refractivity contribution is -0.123. The number of carbonyl (C=O) groups excluding carboxylic acids is 1. The fourth-order valence-electron chi connectivity index (χ4n) is 2.94. The molecule has 1 fully saturated rings. The maximum atomic E-state index is 11.6. The zero-order valence-electron chi connectivity index (χ0n) is 16.4. The van der Waals surface area contributed by atoms with Crippen molar-refractivity contribution in [2.24, 2.45) is 4.99 Å². The van der Waals surface area contributed by atoms with Crippen LogP contribution in [0, 0.1) is 0 Å². The number of aliphatic imine (C=N–C) groups is 1. The van der Waals surface area contributed by atoms with Crippen LogP contribution in [0.2, 0.25) is 0 Å². The fraction of sp³-hybridized carbons (Fsp3) is 0.524. The van der Waals surface area contributed by atoms with E-state index in [1.54, 1.807) is 0 Å². The Bertz CT molecular complexity index is 663. The third-order valence-electron chi connectivity index (χ3n) is 4.60. The number of nitrogens with zero attached hydrogens (tertiary/aromatic N) is 1. The first-order valence-electron chi connectivity index (χ1n) is 9.94. The largest absolute Gasteiger partial charge is 0.484 e. The Morgan fingerprint density at radius 3 is 2.46 bits per heavy atom. The van der Waals surface area contributed by atoms with Crippen LogP contribution < -0.4 is 20.7 Å². The Hall–Kier alpha value is -1.77. The molecule has 3 rings (SSSR count). The predicted octanol–water partition coefficient (Wildman–Crippen LogP) is 2.78. The molecule has 1 aromatic carbocycles. The summed E-state index contributed by atoms with van der Waals surface area (Å²) < 4.78 is 5.53. The topological polar surface area (TPSA) is 74.8 Å². The minimum atomic E-state index is -0.0446. The summed E-state index contributed by atoms with van der Waals surface area (Å²) in [6, 6.07) is 8.72. The number of nitrogens with one attached hydrogen (secondary N) is 3. The van der Waals surface area contributed by atoms with Crippen LogP contribution >= 0.6 is 24.0 Å². The van der Waals surface area contributed by atoms with Gasteiger partial charge in [0.05, 0.1) is 0 Å². The zero-order chi connectivity index (χ0) is 18.9. The number of ether oxygens (including phenoxy) is 1. The van der Waals surface area contributed by atoms with E-state index in [0.717, 1.165) is 56.9 Å². The molecule has 7 heteroatoms. The van der Waals surface area contributed by atoms with E-state index < -0.39 is 0 Å². The number of amides is 1. The number of guanidine groups is 1. The summed E-state index contributed by atoms with van der Waals surface area (Å²) >= 11 is 0. The second kappa shape index (κ2) is 11.9. The van der Waals surface area contributed by atoms with Crippen molar-refractivity contribution in [3.8, 4) is 5.75 Å². The van der Waals surface area contributed by atoms with E-state index in [1.165, 1.54) is 5.56 Å². The van der Waals surface area contributed by atoms with Crippen LogP contribution in [0.4, 0.5) is 0 Å². The van der Waals surface area contributed by atoms with Gasteiger partial charge in [0, 0.05) is 25.2 Å². The molecule has 0 heterocycles. The average Bonchev–Trinajstić information content (AvgIpc) is 3.33. The van der Waals surface area contributed by atoms with Crippen molar-refractivity contribution in [3.63, 3.8) is 0 Å². The smallest absolute Gasteiger partial charge is 0.258 e. The van der Waals surface area contributed by atoms with E-state index in [0.29, 0.717) is 12.1 Å². The van der Waals surface area contributed by atoms with Gasteiger partial charge in [0.1, 0.15) is 5.75 Å². The van der Waals surface area contributed by atoms with Crippen LogP contribution in [0.25, 0.3) is 0 Å². The lowest BCUT2D eigenvalue weighted by Gasteiger charge is -2.16. The highest BCUT2D eigenvalue weighted by Gasteiger charge is 2.23. The molecule has 3 N–H and O–H groups in total. The Balaban J connectivity index is 0.00000280. The number of carbonyl (C=O) groups is 1. The molecule has 0 radical (unpaired) electrons. The van der Waals surface area contributed by atoms with Gasteiger partial charge >= 0.3 is 0 Å². The Morgan fingerprint density at radius 1 is 1.11 bits per heavy atom. The van der Waals surface area contributed by atoms with Crippen LogP contribution in [0.15, 0.2) is 41.4 Å². The summed E-state index contributed by atoms with van der Waals surface area (Å²) in [4.78, 5) is 16.3. The minimum absolute atomic E-state index is 0. The van der Waals surface area contributed by atoms with Crippen molar-refractivity contribution in [1.29, 1.82) is 0 Å². The second-order valence-electron chi connectivity index (χ2n) is 7.07. The molecule has 1 amide bonds. The first-order chi connectivity index (χ1) is 13.2. The number of hydrogen-bond donors (Lipinski definition) is 3. The van der Waals surface area contributed by atoms with Gasteiger partial charge in [-0.2, -0.15) is 0 Å². The van der Waals surface area contributed by atoms with Gasteiger partial charge in [-0.05, 0) is 56.7 Å². The Labute approximate surface area is 184 Å². The minimum Gasteiger partial charge on any atom is -0.484 e. The second-order valence-corrected chi connectivity index (χ2v) is 7.07. The molecule has 0 atom stereocenters. The molecule has 6 nitrogen and oxygen atoms in total. The number of halogens is 1. The van der Waals surface area contributed by atoms with Crippen LogP contribution in [-0.4, -0.2) is 43.6 Å². The molecule has 0 aromatic heterocycles. The molecule has 154 valence electrons. The Morgan fingerprint density at radius 2 is 1.82 bits per heavy atom. The van der Waals surface area contributed by atoms with E-state index in [-0.39, 0.29) is 36.5 Å². The number of hydrogen-bond acceptors (Lipinski definition) is 3. The standard InChI is InChI=1S/C21H30N4O2.HI/c1-2-22-21(25-17-5-3-4-6-17)23-14-13-16-7-11-19(12-8-16)27-15-20(26)24-18-9-10-18;/h3-4,7-8,11-12,17-18H,2,5-6,9-10,13-15H2,1H3,(H,24,26)(H2,22,23,25);1H. The highest BCUT2D eigenvalue weighted by Crippen LogP contribution is 2.18. The van der Waals surface area contributed by atoms with Gasteiger partial charge in [0.25, 0.3) is 5.91 Å². The van der Waals surface area contributed by atoms with Crippen LogP contribution in [0.3, 0.4) is 0 Å². The lowest BCUT2D eigenvalue weighted by atomic mass is 10.1. The van der Waals surface area contributed by atoms with E-state index in [9.17, 15) is 4.79 Å². The number of benzene rings is 1. The lowest BCUT2D eigenvalue weighted by Crippen LogP contribution is -2.42. The van der Waals surface area contributed by atoms with Gasteiger partial charge in [-0.3, -0.25) is 9.79 Å².